The van der Waals surface area contributed by atoms with Crippen LogP contribution in [-0.2, 0) is 9.53 Å². The molecule has 3 aromatic rings. The van der Waals surface area contributed by atoms with Crippen LogP contribution in [0.1, 0.15) is 6.42 Å². The summed E-state index contributed by atoms with van der Waals surface area (Å²) in [5.41, 5.74) is 1.21. The standard InChI is InChI=1S/C24H21ClFN3O6S/c1-34-16-11-20(29(12-16)23(31)27-15-5-3-14(25)4-6-15)21(30)28-19-7-2-13(10-18(19)26)17-8-9-36-22(17)35-24(32)33/h2-10,16,20H,11-12H2,1H3,(H,27,31)(H,28,30)(H,32,33). The third-order valence-corrected chi connectivity index (χ3v) is 6.64. The van der Waals surface area contributed by atoms with E-state index in [-0.39, 0.29) is 29.8 Å². The van der Waals surface area contributed by atoms with E-state index in [1.807, 2.05) is 0 Å². The maximum absolute atomic E-state index is 14.9. The van der Waals surface area contributed by atoms with Crippen molar-refractivity contribution in [3.8, 4) is 16.2 Å². The number of thiophene rings is 1. The Balaban J connectivity index is 1.48. The minimum Gasteiger partial charge on any atom is -0.449 e. The highest BCUT2D eigenvalue weighted by molar-refractivity contribution is 7.12. The Morgan fingerprint density at radius 3 is 2.56 bits per heavy atom. The summed E-state index contributed by atoms with van der Waals surface area (Å²) in [5, 5.41) is 16.4. The first kappa shape index (κ1) is 25.4. The number of halogens is 2. The number of methoxy groups -OCH3 is 1. The van der Waals surface area contributed by atoms with E-state index in [1.165, 1.54) is 30.2 Å². The Labute approximate surface area is 214 Å². The van der Waals surface area contributed by atoms with E-state index in [2.05, 4.69) is 10.6 Å². The van der Waals surface area contributed by atoms with Crippen LogP contribution in [0.4, 0.5) is 25.4 Å². The number of hydrogen-bond donors (Lipinski definition) is 3. The lowest BCUT2D eigenvalue weighted by Gasteiger charge is -2.24. The van der Waals surface area contributed by atoms with Crippen LogP contribution in [0.5, 0.6) is 5.06 Å². The maximum atomic E-state index is 14.9. The highest BCUT2D eigenvalue weighted by atomic mass is 35.5. The molecule has 36 heavy (non-hydrogen) atoms. The first-order valence-corrected chi connectivity index (χ1v) is 12.0. The Hall–Kier alpha value is -3.67. The van der Waals surface area contributed by atoms with Gasteiger partial charge in [-0.25, -0.2) is 14.0 Å². The molecule has 0 saturated carbocycles. The molecule has 3 amide bonds. The first-order valence-electron chi connectivity index (χ1n) is 10.7. The second-order valence-corrected chi connectivity index (χ2v) is 9.19. The van der Waals surface area contributed by atoms with Crippen molar-refractivity contribution in [1.82, 2.24) is 4.90 Å². The number of hydrogen-bond acceptors (Lipinski definition) is 6. The smallest absolute Gasteiger partial charge is 0.449 e. The number of likely N-dealkylation sites (tertiary alicyclic amines) is 1. The van der Waals surface area contributed by atoms with E-state index in [4.69, 9.17) is 26.2 Å². The lowest BCUT2D eigenvalue weighted by Crippen LogP contribution is -2.45. The Bertz CT molecular complexity index is 1290. The minimum absolute atomic E-state index is 0.0846. The number of rotatable bonds is 6. The van der Waals surface area contributed by atoms with Gasteiger partial charge in [0.1, 0.15) is 11.9 Å². The van der Waals surface area contributed by atoms with Crippen molar-refractivity contribution in [2.24, 2.45) is 0 Å². The fourth-order valence-corrected chi connectivity index (χ4v) is 4.72. The summed E-state index contributed by atoms with van der Waals surface area (Å²) in [6.07, 6.45) is -1.60. The SMILES string of the molecule is COC1CC(C(=O)Nc2ccc(-c3ccsc3OC(=O)O)cc2F)N(C(=O)Nc2ccc(Cl)cc2)C1. The van der Waals surface area contributed by atoms with Crippen molar-refractivity contribution in [1.29, 1.82) is 0 Å². The molecule has 1 aliphatic rings. The molecule has 3 N–H and O–H groups in total. The van der Waals surface area contributed by atoms with E-state index in [9.17, 15) is 18.8 Å². The lowest BCUT2D eigenvalue weighted by atomic mass is 10.1. The molecule has 1 saturated heterocycles. The van der Waals surface area contributed by atoms with Crippen molar-refractivity contribution in [2.75, 3.05) is 24.3 Å². The molecular weight excluding hydrogens is 513 g/mol. The zero-order valence-corrected chi connectivity index (χ0v) is 20.4. The third-order valence-electron chi connectivity index (χ3n) is 5.60. The van der Waals surface area contributed by atoms with Gasteiger partial charge in [0.15, 0.2) is 5.06 Å². The van der Waals surface area contributed by atoms with Crippen LogP contribution in [0.3, 0.4) is 0 Å². The van der Waals surface area contributed by atoms with Gasteiger partial charge < -0.3 is 30.1 Å². The number of carboxylic acid groups (broad SMARTS) is 1. The summed E-state index contributed by atoms with van der Waals surface area (Å²) < 4.78 is 25.0. The number of nitrogens with zero attached hydrogens (tertiary/aromatic N) is 1. The van der Waals surface area contributed by atoms with Crippen LogP contribution in [-0.4, -0.2) is 53.9 Å². The van der Waals surface area contributed by atoms with Crippen LogP contribution in [0.25, 0.3) is 11.1 Å². The molecular formula is C24H21ClFN3O6S. The monoisotopic (exact) mass is 533 g/mol. The van der Waals surface area contributed by atoms with Crippen molar-refractivity contribution in [3.63, 3.8) is 0 Å². The summed E-state index contributed by atoms with van der Waals surface area (Å²) in [4.78, 5) is 38.2. The average molecular weight is 534 g/mol. The van der Waals surface area contributed by atoms with Crippen LogP contribution in [0.15, 0.2) is 53.9 Å². The van der Waals surface area contributed by atoms with Gasteiger partial charge in [0.05, 0.1) is 11.8 Å². The predicted octanol–water partition coefficient (Wildman–Crippen LogP) is 5.52. The van der Waals surface area contributed by atoms with Crippen LogP contribution >= 0.6 is 22.9 Å². The van der Waals surface area contributed by atoms with Crippen molar-refractivity contribution in [3.05, 3.63) is 64.8 Å². The number of carbonyl (C=O) groups excluding carboxylic acids is 2. The summed E-state index contributed by atoms with van der Waals surface area (Å²) in [7, 11) is 1.49. The molecule has 0 radical (unpaired) electrons. The number of benzene rings is 2. The third kappa shape index (κ3) is 5.76. The normalized spacial score (nSPS) is 17.0. The zero-order valence-electron chi connectivity index (χ0n) is 18.9. The maximum Gasteiger partial charge on any atom is 0.512 e. The van der Waals surface area contributed by atoms with Crippen molar-refractivity contribution in [2.45, 2.75) is 18.6 Å². The second kappa shape index (κ2) is 10.9. The molecule has 188 valence electrons. The lowest BCUT2D eigenvalue weighted by molar-refractivity contribution is -0.119. The molecule has 2 aromatic carbocycles. The highest BCUT2D eigenvalue weighted by Crippen LogP contribution is 2.37. The largest absolute Gasteiger partial charge is 0.512 e. The van der Waals surface area contributed by atoms with Gasteiger partial charge in [-0.1, -0.05) is 17.7 Å². The quantitative estimate of drug-likeness (QED) is 0.359. The summed E-state index contributed by atoms with van der Waals surface area (Å²) >= 11 is 6.94. The number of anilines is 2. The second-order valence-electron chi connectivity index (χ2n) is 7.87. The zero-order chi connectivity index (χ0) is 25.8. The van der Waals surface area contributed by atoms with Crippen LogP contribution < -0.4 is 15.4 Å². The molecule has 1 aliphatic heterocycles. The molecule has 12 heteroatoms. The number of ether oxygens (including phenoxy) is 2. The molecule has 2 unspecified atom stereocenters. The van der Waals surface area contributed by atoms with Crippen molar-refractivity contribution >= 4 is 52.4 Å². The van der Waals surface area contributed by atoms with Crippen LogP contribution in [0, 0.1) is 5.82 Å². The van der Waals surface area contributed by atoms with Gasteiger partial charge in [-0.3, -0.25) is 4.79 Å². The molecule has 0 aliphatic carbocycles. The molecule has 2 heterocycles. The molecule has 1 aromatic heterocycles. The topological polar surface area (TPSA) is 117 Å². The molecule has 2 atom stereocenters. The number of amides is 3. The van der Waals surface area contributed by atoms with E-state index in [0.29, 0.717) is 21.8 Å². The number of urea groups is 1. The fraction of sp³-hybridized carbons (Fsp3) is 0.208. The number of carbonyl (C=O) groups is 3. The van der Waals surface area contributed by atoms with E-state index < -0.39 is 30.0 Å². The summed E-state index contributed by atoms with van der Waals surface area (Å²) in [5.74, 6) is -1.30. The number of nitrogens with one attached hydrogen (secondary N) is 2. The fourth-order valence-electron chi connectivity index (χ4n) is 3.84. The van der Waals surface area contributed by atoms with Gasteiger partial charge >= 0.3 is 12.2 Å². The summed E-state index contributed by atoms with van der Waals surface area (Å²) in [6.45, 7) is 0.180. The molecule has 4 rings (SSSR count). The van der Waals surface area contributed by atoms with E-state index >= 15 is 0 Å². The van der Waals surface area contributed by atoms with Gasteiger partial charge in [-0.15, -0.1) is 11.3 Å². The first-order chi connectivity index (χ1) is 17.2. The predicted molar refractivity (Wildman–Crippen MR) is 133 cm³/mol. The molecule has 0 bridgehead atoms. The Morgan fingerprint density at radius 1 is 1.14 bits per heavy atom. The molecule has 0 spiro atoms. The van der Waals surface area contributed by atoms with Gasteiger partial charge in [-0.05, 0) is 53.4 Å². The van der Waals surface area contributed by atoms with E-state index in [1.54, 1.807) is 35.7 Å². The van der Waals surface area contributed by atoms with E-state index in [0.717, 1.165) is 11.3 Å². The van der Waals surface area contributed by atoms with Gasteiger partial charge in [0.2, 0.25) is 5.91 Å². The van der Waals surface area contributed by atoms with Crippen molar-refractivity contribution < 1.29 is 33.4 Å². The van der Waals surface area contributed by atoms with Gasteiger partial charge in [0, 0.05) is 36.3 Å². The summed E-state index contributed by atoms with van der Waals surface area (Å²) in [6, 6.07) is 10.8. The average Bonchev–Trinajstić information content (AvgIpc) is 3.48. The molecule has 9 nitrogen and oxygen atoms in total. The Kier molecular flexibility index (Phi) is 7.73. The van der Waals surface area contributed by atoms with Gasteiger partial charge in [0.25, 0.3) is 0 Å². The highest BCUT2D eigenvalue weighted by Gasteiger charge is 2.40. The van der Waals surface area contributed by atoms with Gasteiger partial charge in [-0.2, -0.15) is 0 Å². The Morgan fingerprint density at radius 2 is 1.89 bits per heavy atom. The minimum atomic E-state index is -1.47. The van der Waals surface area contributed by atoms with Crippen LogP contribution in [0.2, 0.25) is 5.02 Å². The molecule has 1 fully saturated rings.